The SMILES string of the molecule is CCOc1cc(/C=C2/SC(=O)N(CC(=O)OC(C)C)C2=O)c(Br)cc1OCC(=O)Nc1ccc(C)cc1. The quantitative estimate of drug-likeness (QED) is 0.298. The smallest absolute Gasteiger partial charge is 0.326 e. The van der Waals surface area contributed by atoms with Gasteiger partial charge in [0.25, 0.3) is 17.1 Å². The van der Waals surface area contributed by atoms with Gasteiger partial charge in [0.15, 0.2) is 18.1 Å². The number of benzene rings is 2. The Morgan fingerprint density at radius 1 is 1.11 bits per heavy atom. The normalized spacial score (nSPS) is 14.3. The number of halogens is 1. The lowest BCUT2D eigenvalue weighted by Crippen LogP contribution is -2.35. The van der Waals surface area contributed by atoms with Crippen molar-refractivity contribution in [2.75, 3.05) is 25.1 Å². The average Bonchev–Trinajstić information content (AvgIpc) is 3.08. The Morgan fingerprint density at radius 3 is 2.43 bits per heavy atom. The van der Waals surface area contributed by atoms with Crippen molar-refractivity contribution in [1.29, 1.82) is 0 Å². The second-order valence-corrected chi connectivity index (χ2v) is 10.1. The number of imide groups is 1. The van der Waals surface area contributed by atoms with Crippen LogP contribution in [0.2, 0.25) is 0 Å². The fraction of sp³-hybridized carbons (Fsp3) is 0.308. The Hall–Kier alpha value is -3.31. The van der Waals surface area contributed by atoms with Crippen LogP contribution in [0.5, 0.6) is 11.5 Å². The lowest BCUT2D eigenvalue weighted by molar-refractivity contribution is -0.149. The van der Waals surface area contributed by atoms with Crippen LogP contribution >= 0.6 is 27.7 Å². The number of aryl methyl sites for hydroxylation is 1. The molecule has 11 heteroatoms. The molecule has 1 heterocycles. The van der Waals surface area contributed by atoms with Crippen molar-refractivity contribution in [1.82, 2.24) is 4.90 Å². The number of carbonyl (C=O) groups excluding carboxylic acids is 4. The highest BCUT2D eigenvalue weighted by atomic mass is 79.9. The molecule has 1 saturated heterocycles. The number of nitrogens with one attached hydrogen (secondary N) is 1. The molecular formula is C26H27BrN2O7S. The van der Waals surface area contributed by atoms with Crippen molar-refractivity contribution in [2.45, 2.75) is 33.8 Å². The largest absolute Gasteiger partial charge is 0.490 e. The van der Waals surface area contributed by atoms with Crippen LogP contribution in [0, 0.1) is 6.92 Å². The summed E-state index contributed by atoms with van der Waals surface area (Å²) in [6.07, 6.45) is 1.17. The van der Waals surface area contributed by atoms with E-state index in [1.807, 2.05) is 19.1 Å². The first-order valence-corrected chi connectivity index (χ1v) is 13.1. The number of anilines is 1. The van der Waals surface area contributed by atoms with Crippen molar-refractivity contribution in [3.63, 3.8) is 0 Å². The monoisotopic (exact) mass is 590 g/mol. The van der Waals surface area contributed by atoms with Crippen molar-refractivity contribution < 1.29 is 33.4 Å². The van der Waals surface area contributed by atoms with E-state index in [4.69, 9.17) is 14.2 Å². The van der Waals surface area contributed by atoms with Crippen molar-refractivity contribution in [3.05, 3.63) is 56.9 Å². The standard InChI is InChI=1S/C26H27BrN2O7S/c1-5-34-20-10-17(11-22-25(32)29(26(33)37-22)13-24(31)36-15(2)3)19(27)12-21(20)35-14-23(30)28-18-8-6-16(4)7-9-18/h6-12,15H,5,13-14H2,1-4H3,(H,28,30)/b22-11+. The molecule has 0 atom stereocenters. The Balaban J connectivity index is 1.74. The summed E-state index contributed by atoms with van der Waals surface area (Å²) in [5.41, 5.74) is 2.29. The fourth-order valence-electron chi connectivity index (χ4n) is 3.23. The van der Waals surface area contributed by atoms with Gasteiger partial charge in [-0.15, -0.1) is 0 Å². The summed E-state index contributed by atoms with van der Waals surface area (Å²) in [4.78, 5) is 50.4. The molecular weight excluding hydrogens is 564 g/mol. The topological polar surface area (TPSA) is 111 Å². The van der Waals surface area contributed by atoms with Gasteiger partial charge in [-0.1, -0.05) is 33.6 Å². The van der Waals surface area contributed by atoms with Crippen molar-refractivity contribution >= 4 is 62.5 Å². The van der Waals surface area contributed by atoms with Crippen LogP contribution in [0.15, 0.2) is 45.8 Å². The Bertz CT molecular complexity index is 1230. The molecule has 9 nitrogen and oxygen atoms in total. The first-order chi connectivity index (χ1) is 17.6. The van der Waals surface area contributed by atoms with E-state index in [0.717, 1.165) is 22.2 Å². The Kier molecular flexibility index (Phi) is 9.76. The van der Waals surface area contributed by atoms with Gasteiger partial charge in [0.2, 0.25) is 0 Å². The molecule has 1 aliphatic heterocycles. The zero-order chi connectivity index (χ0) is 27.1. The maximum atomic E-state index is 12.8. The molecule has 0 radical (unpaired) electrons. The van der Waals surface area contributed by atoms with Crippen LogP contribution in [0.4, 0.5) is 10.5 Å². The van der Waals surface area contributed by atoms with Gasteiger partial charge in [0.05, 0.1) is 17.6 Å². The molecule has 0 saturated carbocycles. The van der Waals surface area contributed by atoms with E-state index in [-0.39, 0.29) is 23.5 Å². The van der Waals surface area contributed by atoms with Gasteiger partial charge in [-0.2, -0.15) is 0 Å². The minimum Gasteiger partial charge on any atom is -0.490 e. The number of esters is 1. The van der Waals surface area contributed by atoms with E-state index in [0.29, 0.717) is 33.8 Å². The van der Waals surface area contributed by atoms with Crippen molar-refractivity contribution in [3.8, 4) is 11.5 Å². The maximum Gasteiger partial charge on any atom is 0.326 e. The van der Waals surface area contributed by atoms with Gasteiger partial charge in [0.1, 0.15) is 6.54 Å². The third kappa shape index (κ3) is 7.83. The molecule has 2 aromatic rings. The molecule has 0 aliphatic carbocycles. The second-order valence-electron chi connectivity index (χ2n) is 8.26. The van der Waals surface area contributed by atoms with E-state index in [1.165, 1.54) is 6.08 Å². The number of rotatable bonds is 10. The van der Waals surface area contributed by atoms with Gasteiger partial charge in [-0.05, 0) is 75.4 Å². The number of hydrogen-bond acceptors (Lipinski definition) is 8. The summed E-state index contributed by atoms with van der Waals surface area (Å²) < 4.78 is 17.0. The number of carbonyl (C=O) groups is 4. The lowest BCUT2D eigenvalue weighted by Gasteiger charge is -2.14. The number of nitrogens with zero attached hydrogens (tertiary/aromatic N) is 1. The second kappa shape index (κ2) is 12.8. The molecule has 1 fully saturated rings. The zero-order valence-electron chi connectivity index (χ0n) is 20.8. The summed E-state index contributed by atoms with van der Waals surface area (Å²) >= 11 is 4.18. The number of thioether (sulfide) groups is 1. The maximum absolute atomic E-state index is 12.8. The summed E-state index contributed by atoms with van der Waals surface area (Å²) in [7, 11) is 0. The van der Waals surface area contributed by atoms with Crippen LogP contribution < -0.4 is 14.8 Å². The van der Waals surface area contributed by atoms with Crippen LogP contribution in [0.1, 0.15) is 31.9 Å². The molecule has 0 aromatic heterocycles. The zero-order valence-corrected chi connectivity index (χ0v) is 23.2. The molecule has 3 amide bonds. The van der Waals surface area contributed by atoms with Crippen LogP contribution in [-0.4, -0.2) is 53.8 Å². The molecule has 0 spiro atoms. The van der Waals surface area contributed by atoms with Gasteiger partial charge in [-0.25, -0.2) is 0 Å². The van der Waals surface area contributed by atoms with Crippen molar-refractivity contribution in [2.24, 2.45) is 0 Å². The molecule has 2 aromatic carbocycles. The summed E-state index contributed by atoms with van der Waals surface area (Å²) in [5.74, 6) is -0.898. The third-order valence-corrected chi connectivity index (χ3v) is 6.47. The van der Waals surface area contributed by atoms with Gasteiger partial charge in [0, 0.05) is 10.2 Å². The average molecular weight is 591 g/mol. The molecule has 1 N–H and O–H groups in total. The molecule has 37 heavy (non-hydrogen) atoms. The van der Waals surface area contributed by atoms with Gasteiger partial charge in [-0.3, -0.25) is 24.1 Å². The Labute approximate surface area is 227 Å². The molecule has 1 aliphatic rings. The van der Waals surface area contributed by atoms with Gasteiger partial charge >= 0.3 is 5.97 Å². The Morgan fingerprint density at radius 2 is 1.78 bits per heavy atom. The van der Waals surface area contributed by atoms with E-state index < -0.39 is 23.7 Å². The van der Waals surface area contributed by atoms with Crippen LogP contribution in [0.3, 0.4) is 0 Å². The van der Waals surface area contributed by atoms with E-state index in [2.05, 4.69) is 21.2 Å². The minimum absolute atomic E-state index is 0.150. The van der Waals surface area contributed by atoms with Crippen LogP contribution in [0.25, 0.3) is 6.08 Å². The van der Waals surface area contributed by atoms with Gasteiger partial charge < -0.3 is 19.5 Å². The predicted octanol–water partition coefficient (Wildman–Crippen LogP) is 5.16. The minimum atomic E-state index is -0.661. The fourth-order valence-corrected chi connectivity index (χ4v) is 4.49. The summed E-state index contributed by atoms with van der Waals surface area (Å²) in [6.45, 7) is 6.76. The first kappa shape index (κ1) is 28.3. The molecule has 0 unspecified atom stereocenters. The molecule has 196 valence electrons. The van der Waals surface area contributed by atoms with E-state index in [1.54, 1.807) is 45.0 Å². The highest BCUT2D eigenvalue weighted by molar-refractivity contribution is 9.10. The summed E-state index contributed by atoms with van der Waals surface area (Å²) in [5, 5.41) is 2.21. The first-order valence-electron chi connectivity index (χ1n) is 11.5. The predicted molar refractivity (Wildman–Crippen MR) is 145 cm³/mol. The van der Waals surface area contributed by atoms with E-state index >= 15 is 0 Å². The van der Waals surface area contributed by atoms with E-state index in [9.17, 15) is 19.2 Å². The number of amides is 3. The number of hydrogen-bond donors (Lipinski definition) is 1. The van der Waals surface area contributed by atoms with Crippen LogP contribution in [-0.2, 0) is 19.1 Å². The molecule has 0 bridgehead atoms. The number of ether oxygens (including phenoxy) is 3. The third-order valence-electron chi connectivity index (χ3n) is 4.87. The summed E-state index contributed by atoms with van der Waals surface area (Å²) in [6, 6.07) is 10.7. The highest BCUT2D eigenvalue weighted by Crippen LogP contribution is 2.38. The molecule has 3 rings (SSSR count). The highest BCUT2D eigenvalue weighted by Gasteiger charge is 2.37. The lowest BCUT2D eigenvalue weighted by atomic mass is 10.1.